The molecule has 5 fully saturated rings. The molecule has 0 aliphatic heterocycles. The van der Waals surface area contributed by atoms with Crippen molar-refractivity contribution in [3.63, 3.8) is 0 Å². The van der Waals surface area contributed by atoms with Crippen LogP contribution >= 0.6 is 0 Å². The molecule has 0 bridgehead atoms. The summed E-state index contributed by atoms with van der Waals surface area (Å²) in [4.78, 5) is 13.3. The molecular formula is C30H48O4. The highest BCUT2D eigenvalue weighted by Crippen LogP contribution is 2.76. The number of hydrogen-bond donors (Lipinski definition) is 2. The van der Waals surface area contributed by atoms with Gasteiger partial charge >= 0.3 is 5.97 Å². The van der Waals surface area contributed by atoms with Gasteiger partial charge in [-0.3, -0.25) is 4.79 Å². The van der Waals surface area contributed by atoms with E-state index in [1.807, 2.05) is 0 Å². The highest BCUT2D eigenvalue weighted by molar-refractivity contribution is 5.78. The Labute approximate surface area is 206 Å². The molecule has 0 amide bonds. The van der Waals surface area contributed by atoms with Crippen LogP contribution in [0.15, 0.2) is 12.2 Å². The standard InChI is InChI=1S/C30H48O4/c1-18(17-31)20-9-14-30(26(33)34-6)16-15-28(4)22(25(20)30)7-8-24-27(3)12-11-23(32)19(2)21(27)10-13-29(24,28)5/h19-25,31-32H,1,7-17H2,2-6H3/t19-,20?,21?,22?,23+,24?,25?,27+,28-,29-,30+/m1/s1. The van der Waals surface area contributed by atoms with Crippen molar-refractivity contribution in [2.75, 3.05) is 13.7 Å². The van der Waals surface area contributed by atoms with Crippen LogP contribution in [0, 0.1) is 57.2 Å². The van der Waals surface area contributed by atoms with Crippen molar-refractivity contribution in [3.05, 3.63) is 12.2 Å². The van der Waals surface area contributed by atoms with E-state index in [0.29, 0.717) is 29.1 Å². The van der Waals surface area contributed by atoms with Crippen molar-refractivity contribution in [1.29, 1.82) is 0 Å². The van der Waals surface area contributed by atoms with E-state index in [1.54, 1.807) is 7.11 Å². The molecule has 0 aromatic carbocycles. The van der Waals surface area contributed by atoms with E-state index in [1.165, 1.54) is 19.3 Å². The average molecular weight is 473 g/mol. The number of ether oxygens (including phenoxy) is 1. The maximum absolute atomic E-state index is 13.3. The maximum atomic E-state index is 13.3. The van der Waals surface area contributed by atoms with E-state index in [9.17, 15) is 15.0 Å². The van der Waals surface area contributed by atoms with Gasteiger partial charge in [0.15, 0.2) is 0 Å². The third kappa shape index (κ3) is 2.93. The molecular weight excluding hydrogens is 424 g/mol. The predicted molar refractivity (Wildman–Crippen MR) is 134 cm³/mol. The summed E-state index contributed by atoms with van der Waals surface area (Å²) in [5.74, 6) is 2.55. The fourth-order valence-electron chi connectivity index (χ4n) is 11.3. The minimum absolute atomic E-state index is 0.0156. The van der Waals surface area contributed by atoms with Crippen LogP contribution in [0.1, 0.15) is 91.9 Å². The summed E-state index contributed by atoms with van der Waals surface area (Å²) in [7, 11) is 1.55. The van der Waals surface area contributed by atoms with E-state index in [-0.39, 0.29) is 41.3 Å². The summed E-state index contributed by atoms with van der Waals surface area (Å²) in [6.45, 7) is 14.3. The predicted octanol–water partition coefficient (Wildman–Crippen LogP) is 5.76. The third-order valence-electron chi connectivity index (χ3n) is 13.3. The SMILES string of the molecule is C=C(CO)C1CC[C@]2(C(=O)OC)CC[C@]3(C)C(CCC4[C@@]5(C)CC[C@H](O)[C@H](C)C5CC[C@]43C)C12. The molecule has 4 heteroatoms. The first kappa shape index (κ1) is 24.8. The van der Waals surface area contributed by atoms with Crippen LogP contribution in [-0.4, -0.2) is 36.0 Å². The van der Waals surface area contributed by atoms with Crippen LogP contribution in [0.25, 0.3) is 0 Å². The summed E-state index contributed by atoms with van der Waals surface area (Å²) in [5, 5.41) is 20.7. The van der Waals surface area contributed by atoms with Gasteiger partial charge in [0.1, 0.15) is 0 Å². The minimum atomic E-state index is -0.407. The number of fused-ring (bicyclic) bond motifs is 7. The van der Waals surface area contributed by atoms with Crippen molar-refractivity contribution in [2.24, 2.45) is 57.2 Å². The first-order valence-electron chi connectivity index (χ1n) is 14.0. The van der Waals surface area contributed by atoms with Crippen LogP contribution < -0.4 is 0 Å². The van der Waals surface area contributed by atoms with Crippen LogP contribution in [0.3, 0.4) is 0 Å². The molecule has 0 saturated heterocycles. The maximum Gasteiger partial charge on any atom is 0.312 e. The van der Waals surface area contributed by atoms with Gasteiger partial charge in [-0.05, 0) is 122 Å². The van der Waals surface area contributed by atoms with E-state index in [0.717, 1.165) is 50.5 Å². The molecule has 34 heavy (non-hydrogen) atoms. The smallest absolute Gasteiger partial charge is 0.312 e. The number of rotatable bonds is 3. The van der Waals surface area contributed by atoms with Crippen molar-refractivity contribution in [3.8, 4) is 0 Å². The van der Waals surface area contributed by atoms with Gasteiger partial charge in [-0.1, -0.05) is 34.3 Å². The number of esters is 1. The first-order chi connectivity index (χ1) is 16.0. The van der Waals surface area contributed by atoms with Gasteiger partial charge in [-0.2, -0.15) is 0 Å². The van der Waals surface area contributed by atoms with Crippen LogP contribution in [0.2, 0.25) is 0 Å². The Kier molecular flexibility index (Phi) is 5.89. The summed E-state index contributed by atoms with van der Waals surface area (Å²) >= 11 is 0. The molecule has 5 aliphatic rings. The van der Waals surface area contributed by atoms with Gasteiger partial charge in [-0.15, -0.1) is 0 Å². The zero-order valence-electron chi connectivity index (χ0n) is 22.2. The summed E-state index contributed by atoms with van der Waals surface area (Å²) in [5.41, 5.74) is 1.21. The van der Waals surface area contributed by atoms with Gasteiger partial charge in [0, 0.05) is 0 Å². The number of carbonyl (C=O) groups excluding carboxylic acids is 1. The summed E-state index contributed by atoms with van der Waals surface area (Å²) < 4.78 is 5.45. The Hall–Kier alpha value is -0.870. The van der Waals surface area contributed by atoms with Crippen molar-refractivity contribution in [1.82, 2.24) is 0 Å². The number of aliphatic hydroxyl groups is 2. The zero-order chi connectivity index (χ0) is 24.7. The highest BCUT2D eigenvalue weighted by atomic mass is 16.5. The lowest BCUT2D eigenvalue weighted by atomic mass is 9.33. The molecule has 0 spiro atoms. The lowest BCUT2D eigenvalue weighted by Crippen LogP contribution is -2.66. The van der Waals surface area contributed by atoms with Crippen molar-refractivity contribution < 1.29 is 19.7 Å². The Balaban J connectivity index is 1.55. The highest BCUT2D eigenvalue weighted by Gasteiger charge is 2.71. The molecule has 11 atom stereocenters. The zero-order valence-corrected chi connectivity index (χ0v) is 22.2. The first-order valence-corrected chi connectivity index (χ1v) is 14.0. The van der Waals surface area contributed by atoms with Gasteiger partial charge in [0.25, 0.3) is 0 Å². The molecule has 0 aromatic rings. The molecule has 5 rings (SSSR count). The summed E-state index contributed by atoms with van der Waals surface area (Å²) in [6.07, 6.45) is 10.6. The lowest BCUT2D eigenvalue weighted by Gasteiger charge is -2.71. The molecule has 0 radical (unpaired) electrons. The molecule has 5 unspecified atom stereocenters. The quantitative estimate of drug-likeness (QED) is 0.405. The van der Waals surface area contributed by atoms with Crippen molar-refractivity contribution in [2.45, 2.75) is 98.0 Å². The van der Waals surface area contributed by atoms with Crippen LogP contribution in [-0.2, 0) is 9.53 Å². The molecule has 5 aliphatic carbocycles. The van der Waals surface area contributed by atoms with E-state index in [4.69, 9.17) is 4.74 Å². The van der Waals surface area contributed by atoms with Crippen LogP contribution in [0.5, 0.6) is 0 Å². The molecule has 192 valence electrons. The third-order valence-corrected chi connectivity index (χ3v) is 13.3. The van der Waals surface area contributed by atoms with E-state index < -0.39 is 5.41 Å². The number of methoxy groups -OCH3 is 1. The second kappa shape index (κ2) is 8.07. The van der Waals surface area contributed by atoms with Gasteiger partial charge in [-0.25, -0.2) is 0 Å². The van der Waals surface area contributed by atoms with E-state index >= 15 is 0 Å². The molecule has 5 saturated carbocycles. The Morgan fingerprint density at radius 3 is 2.35 bits per heavy atom. The number of hydrogen-bond acceptors (Lipinski definition) is 4. The van der Waals surface area contributed by atoms with Crippen LogP contribution in [0.4, 0.5) is 0 Å². The summed E-state index contributed by atoms with van der Waals surface area (Å²) in [6, 6.07) is 0. The second-order valence-corrected chi connectivity index (χ2v) is 13.8. The topological polar surface area (TPSA) is 66.8 Å². The molecule has 0 aromatic heterocycles. The van der Waals surface area contributed by atoms with Gasteiger partial charge in [0.05, 0.1) is 25.2 Å². The molecule has 4 nitrogen and oxygen atoms in total. The number of carbonyl (C=O) groups is 1. The largest absolute Gasteiger partial charge is 0.469 e. The Morgan fingerprint density at radius 2 is 1.68 bits per heavy atom. The Morgan fingerprint density at radius 1 is 0.941 bits per heavy atom. The fraction of sp³-hybridized carbons (Fsp3) is 0.900. The van der Waals surface area contributed by atoms with Crippen molar-refractivity contribution >= 4 is 5.97 Å². The van der Waals surface area contributed by atoms with Gasteiger partial charge < -0.3 is 14.9 Å². The van der Waals surface area contributed by atoms with E-state index in [2.05, 4.69) is 34.3 Å². The average Bonchev–Trinajstić information content (AvgIpc) is 3.22. The lowest BCUT2D eigenvalue weighted by molar-refractivity contribution is -0.237. The second-order valence-electron chi connectivity index (χ2n) is 13.8. The van der Waals surface area contributed by atoms with Gasteiger partial charge in [0.2, 0.25) is 0 Å². The molecule has 2 N–H and O–H groups in total. The minimum Gasteiger partial charge on any atom is -0.469 e. The number of aliphatic hydroxyl groups excluding tert-OH is 2. The monoisotopic (exact) mass is 472 g/mol. The Bertz CT molecular complexity index is 853. The fourth-order valence-corrected chi connectivity index (χ4v) is 11.3. The molecule has 0 heterocycles. The normalized spacial score (nSPS) is 54.3.